The molecule has 2 aliphatic rings. The molecular weight excluding hydrogens is 352 g/mol. The van der Waals surface area contributed by atoms with E-state index in [0.29, 0.717) is 13.2 Å². The molecule has 0 amide bonds. The molecule has 2 heterocycles. The Hall–Kier alpha value is -1.79. The van der Waals surface area contributed by atoms with Crippen molar-refractivity contribution < 1.29 is 9.47 Å². The molecule has 28 heavy (non-hydrogen) atoms. The molecule has 6 nitrogen and oxygen atoms in total. The lowest BCUT2D eigenvalue weighted by molar-refractivity contribution is -0.0164. The lowest BCUT2D eigenvalue weighted by atomic mass is 9.88. The number of benzene rings is 1. The summed E-state index contributed by atoms with van der Waals surface area (Å²) >= 11 is 0. The van der Waals surface area contributed by atoms with Crippen LogP contribution in [0.5, 0.6) is 5.75 Å². The molecule has 156 valence electrons. The maximum absolute atomic E-state index is 5.74. The van der Waals surface area contributed by atoms with Crippen molar-refractivity contribution in [1.82, 2.24) is 15.5 Å². The van der Waals surface area contributed by atoms with E-state index in [0.717, 1.165) is 56.4 Å². The maximum Gasteiger partial charge on any atom is 0.191 e. The average molecular weight is 389 g/mol. The van der Waals surface area contributed by atoms with E-state index >= 15 is 0 Å². The van der Waals surface area contributed by atoms with Gasteiger partial charge in [-0.25, -0.2) is 4.99 Å². The number of aliphatic imine (C=N–C) groups is 1. The molecule has 1 aromatic rings. The van der Waals surface area contributed by atoms with Gasteiger partial charge in [-0.05, 0) is 58.7 Å². The van der Waals surface area contributed by atoms with Gasteiger partial charge >= 0.3 is 0 Å². The van der Waals surface area contributed by atoms with Crippen LogP contribution in [-0.2, 0) is 11.3 Å². The second-order valence-electron chi connectivity index (χ2n) is 7.62. The quantitative estimate of drug-likeness (QED) is 0.530. The zero-order valence-corrected chi connectivity index (χ0v) is 17.5. The van der Waals surface area contributed by atoms with E-state index < -0.39 is 0 Å². The molecule has 2 aliphatic heterocycles. The van der Waals surface area contributed by atoms with Gasteiger partial charge in [0.2, 0.25) is 0 Å². The van der Waals surface area contributed by atoms with E-state index in [1.807, 2.05) is 25.1 Å². The molecule has 0 aliphatic carbocycles. The summed E-state index contributed by atoms with van der Waals surface area (Å²) in [5, 5.41) is 7.03. The highest BCUT2D eigenvalue weighted by molar-refractivity contribution is 5.79. The molecule has 2 fully saturated rings. The number of nitrogens with zero attached hydrogens (tertiary/aromatic N) is 2. The number of hydrogen-bond donors (Lipinski definition) is 2. The second kappa shape index (κ2) is 10.7. The number of nitrogens with one attached hydrogen (secondary N) is 2. The zero-order valence-electron chi connectivity index (χ0n) is 17.5. The first-order valence-electron chi connectivity index (χ1n) is 10.8. The summed E-state index contributed by atoms with van der Waals surface area (Å²) in [6.45, 7) is 11.3. The fraction of sp³-hybridized carbons (Fsp3) is 0.682. The summed E-state index contributed by atoms with van der Waals surface area (Å²) in [7, 11) is 0. The van der Waals surface area contributed by atoms with Crippen LogP contribution in [-0.4, -0.2) is 62.4 Å². The first-order chi connectivity index (χ1) is 13.8. The van der Waals surface area contributed by atoms with Crippen molar-refractivity contribution in [3.05, 3.63) is 29.8 Å². The third-order valence-electron chi connectivity index (χ3n) is 5.81. The van der Waals surface area contributed by atoms with Gasteiger partial charge in [0.15, 0.2) is 5.96 Å². The molecule has 0 atom stereocenters. The lowest BCUT2D eigenvalue weighted by Gasteiger charge is -2.45. The molecule has 2 N–H and O–H groups in total. The van der Waals surface area contributed by atoms with Crippen LogP contribution < -0.4 is 15.4 Å². The van der Waals surface area contributed by atoms with E-state index in [-0.39, 0.29) is 5.54 Å². The van der Waals surface area contributed by atoms with Crippen LogP contribution in [0.4, 0.5) is 0 Å². The van der Waals surface area contributed by atoms with Gasteiger partial charge in [0.25, 0.3) is 0 Å². The normalized spacial score (nSPS) is 20.1. The molecule has 0 saturated carbocycles. The van der Waals surface area contributed by atoms with Gasteiger partial charge in [0.1, 0.15) is 5.75 Å². The summed E-state index contributed by atoms with van der Waals surface area (Å²) in [4.78, 5) is 7.51. The van der Waals surface area contributed by atoms with Crippen LogP contribution in [0.25, 0.3) is 0 Å². The van der Waals surface area contributed by atoms with Gasteiger partial charge in [-0.1, -0.05) is 18.2 Å². The third kappa shape index (κ3) is 5.39. The molecule has 6 heteroatoms. The Morgan fingerprint density at radius 1 is 1.14 bits per heavy atom. The van der Waals surface area contributed by atoms with Crippen molar-refractivity contribution in [2.75, 3.05) is 46.0 Å². The second-order valence-corrected chi connectivity index (χ2v) is 7.62. The Morgan fingerprint density at radius 3 is 2.61 bits per heavy atom. The van der Waals surface area contributed by atoms with Crippen LogP contribution in [0.1, 0.15) is 45.1 Å². The number of para-hydroxylation sites is 1. The molecule has 0 spiro atoms. The van der Waals surface area contributed by atoms with Crippen LogP contribution in [0.3, 0.4) is 0 Å². The fourth-order valence-corrected chi connectivity index (χ4v) is 4.23. The highest BCUT2D eigenvalue weighted by atomic mass is 16.5. The van der Waals surface area contributed by atoms with E-state index in [1.165, 1.54) is 25.9 Å². The third-order valence-corrected chi connectivity index (χ3v) is 5.81. The van der Waals surface area contributed by atoms with Gasteiger partial charge in [-0.2, -0.15) is 0 Å². The van der Waals surface area contributed by atoms with Gasteiger partial charge in [-0.15, -0.1) is 0 Å². The minimum Gasteiger partial charge on any atom is -0.494 e. The van der Waals surface area contributed by atoms with Crippen molar-refractivity contribution in [2.24, 2.45) is 4.99 Å². The van der Waals surface area contributed by atoms with Gasteiger partial charge in [-0.3, -0.25) is 4.90 Å². The summed E-state index contributed by atoms with van der Waals surface area (Å²) in [6.07, 6.45) is 4.80. The molecule has 0 radical (unpaired) electrons. The smallest absolute Gasteiger partial charge is 0.191 e. The van der Waals surface area contributed by atoms with Crippen LogP contribution in [0.15, 0.2) is 29.3 Å². The fourth-order valence-electron chi connectivity index (χ4n) is 4.23. The number of hydrogen-bond acceptors (Lipinski definition) is 4. The predicted octanol–water partition coefficient (Wildman–Crippen LogP) is 2.79. The van der Waals surface area contributed by atoms with Crippen LogP contribution in [0, 0.1) is 0 Å². The molecule has 3 rings (SSSR count). The Labute approximate surface area is 169 Å². The maximum atomic E-state index is 5.74. The van der Waals surface area contributed by atoms with Gasteiger partial charge < -0.3 is 20.1 Å². The largest absolute Gasteiger partial charge is 0.494 e. The number of ether oxygens (including phenoxy) is 2. The summed E-state index contributed by atoms with van der Waals surface area (Å²) in [6, 6.07) is 8.14. The molecule has 0 bridgehead atoms. The molecule has 2 saturated heterocycles. The first kappa shape index (κ1) is 20.9. The minimum absolute atomic E-state index is 0.189. The number of guanidine groups is 1. The van der Waals surface area contributed by atoms with Gasteiger partial charge in [0.05, 0.1) is 13.2 Å². The highest BCUT2D eigenvalue weighted by Crippen LogP contribution is 2.30. The summed E-state index contributed by atoms with van der Waals surface area (Å²) in [5.41, 5.74) is 1.30. The average Bonchev–Trinajstić information content (AvgIpc) is 3.28. The molecule has 0 unspecified atom stereocenters. The SMILES string of the molecule is CCNC(=NCc1ccccc1OCC)NCC1(N2CCCC2)CCOCC1. The molecule has 1 aromatic carbocycles. The molecular formula is C22H36N4O2. The van der Waals surface area contributed by atoms with E-state index in [1.54, 1.807) is 0 Å². The first-order valence-corrected chi connectivity index (χ1v) is 10.8. The van der Waals surface area contributed by atoms with E-state index in [2.05, 4.69) is 28.5 Å². The van der Waals surface area contributed by atoms with Crippen molar-refractivity contribution in [2.45, 2.75) is 51.6 Å². The minimum atomic E-state index is 0.189. The standard InChI is InChI=1S/C22H36N4O2/c1-3-23-21(24-17-19-9-5-6-10-20(19)28-4-2)25-18-22(11-15-27-16-12-22)26-13-7-8-14-26/h5-6,9-10H,3-4,7-8,11-18H2,1-2H3,(H2,23,24,25). The van der Waals surface area contributed by atoms with Crippen LogP contribution >= 0.6 is 0 Å². The highest BCUT2D eigenvalue weighted by Gasteiger charge is 2.39. The van der Waals surface area contributed by atoms with Gasteiger partial charge in [0, 0.05) is 37.4 Å². The van der Waals surface area contributed by atoms with E-state index in [4.69, 9.17) is 14.5 Å². The Bertz CT molecular complexity index is 623. The van der Waals surface area contributed by atoms with Crippen molar-refractivity contribution in [3.63, 3.8) is 0 Å². The Kier molecular flexibility index (Phi) is 7.98. The number of rotatable bonds is 8. The van der Waals surface area contributed by atoms with Crippen molar-refractivity contribution in [3.8, 4) is 5.75 Å². The Balaban J connectivity index is 1.67. The van der Waals surface area contributed by atoms with Crippen molar-refractivity contribution in [1.29, 1.82) is 0 Å². The topological polar surface area (TPSA) is 58.1 Å². The molecule has 0 aromatic heterocycles. The predicted molar refractivity (Wildman–Crippen MR) is 114 cm³/mol. The summed E-state index contributed by atoms with van der Waals surface area (Å²) < 4.78 is 11.4. The Morgan fingerprint density at radius 2 is 1.89 bits per heavy atom. The lowest BCUT2D eigenvalue weighted by Crippen LogP contribution is -2.58. The summed E-state index contributed by atoms with van der Waals surface area (Å²) in [5.74, 6) is 1.79. The monoisotopic (exact) mass is 388 g/mol. The number of likely N-dealkylation sites (tertiary alicyclic amines) is 1. The van der Waals surface area contributed by atoms with Crippen LogP contribution in [0.2, 0.25) is 0 Å². The van der Waals surface area contributed by atoms with E-state index in [9.17, 15) is 0 Å². The van der Waals surface area contributed by atoms with Crippen molar-refractivity contribution >= 4 is 5.96 Å². The zero-order chi connectivity index (χ0) is 19.7.